The van der Waals surface area contributed by atoms with Crippen molar-refractivity contribution >= 4 is 30.2 Å². The lowest BCUT2D eigenvalue weighted by atomic mass is 9.93. The zero-order valence-corrected chi connectivity index (χ0v) is 20.9. The second-order valence-corrected chi connectivity index (χ2v) is 11.2. The molecule has 31 heavy (non-hydrogen) atoms. The summed E-state index contributed by atoms with van der Waals surface area (Å²) in [6, 6.07) is 0. The molecule has 1 aromatic rings. The molecule has 2 rings (SSSR count). The Labute approximate surface area is 193 Å². The summed E-state index contributed by atoms with van der Waals surface area (Å²) in [5, 5.41) is 29.6. The van der Waals surface area contributed by atoms with Gasteiger partial charge in [-0.25, -0.2) is 4.79 Å². The van der Waals surface area contributed by atoms with Crippen LogP contribution in [0.3, 0.4) is 0 Å². The fourth-order valence-corrected chi connectivity index (χ4v) is 5.69. The van der Waals surface area contributed by atoms with Crippen molar-refractivity contribution in [1.29, 1.82) is 0 Å². The topological polar surface area (TPSA) is 171 Å². The van der Waals surface area contributed by atoms with E-state index < -0.39 is 54.3 Å². The highest BCUT2D eigenvalue weighted by molar-refractivity contribution is 14.1. The molecule has 1 saturated heterocycles. The smallest absolute Gasteiger partial charge is 0.359 e. The number of halogens is 1. The van der Waals surface area contributed by atoms with Crippen molar-refractivity contribution in [1.82, 2.24) is 9.55 Å². The number of hydrogen-bond acceptors (Lipinski definition) is 8. The summed E-state index contributed by atoms with van der Waals surface area (Å²) in [5.41, 5.74) is -2.68. The normalized spacial score (nSPS) is 28.3. The number of aromatic nitrogens is 2. The number of nitrogens with zero attached hydrogens (tertiary/aromatic N) is 1. The molecule has 1 aliphatic rings. The van der Waals surface area contributed by atoms with Crippen LogP contribution >= 0.6 is 30.2 Å². The fourth-order valence-electron chi connectivity index (χ4n) is 3.48. The van der Waals surface area contributed by atoms with Crippen molar-refractivity contribution in [3.63, 3.8) is 0 Å². The molecule has 11 nitrogen and oxygen atoms in total. The maximum absolute atomic E-state index is 12.8. The molecule has 2 heterocycles. The zero-order chi connectivity index (χ0) is 23.8. The monoisotopic (exact) mass is 576 g/mol. The van der Waals surface area contributed by atoms with E-state index in [1.54, 1.807) is 50.3 Å². The predicted molar refractivity (Wildman–Crippen MR) is 120 cm³/mol. The highest BCUT2D eigenvalue weighted by Gasteiger charge is 2.51. The summed E-state index contributed by atoms with van der Waals surface area (Å²) in [5.74, 6) is 0. The van der Waals surface area contributed by atoms with Gasteiger partial charge >= 0.3 is 13.3 Å². The number of rotatable bonds is 9. The maximum Gasteiger partial charge on any atom is 0.359 e. The van der Waals surface area contributed by atoms with E-state index in [9.17, 15) is 34.4 Å². The van der Waals surface area contributed by atoms with Gasteiger partial charge < -0.3 is 29.5 Å². The molecule has 13 heteroatoms. The first kappa shape index (κ1) is 26.7. The average molecular weight is 576 g/mol. The van der Waals surface area contributed by atoms with Gasteiger partial charge in [0.15, 0.2) is 11.6 Å². The lowest BCUT2D eigenvalue weighted by molar-refractivity contribution is -0.0721. The van der Waals surface area contributed by atoms with Crippen molar-refractivity contribution in [2.75, 3.05) is 0 Å². The second kappa shape index (κ2) is 9.72. The molecule has 1 fully saturated rings. The van der Waals surface area contributed by atoms with Gasteiger partial charge in [0.2, 0.25) is 0 Å². The molecule has 0 spiro atoms. The average Bonchev–Trinajstić information content (AvgIpc) is 2.97. The summed E-state index contributed by atoms with van der Waals surface area (Å²) in [7, 11) is -4.48. The van der Waals surface area contributed by atoms with Crippen LogP contribution in [0.4, 0.5) is 0 Å². The molecule has 3 unspecified atom stereocenters. The molecule has 0 bridgehead atoms. The summed E-state index contributed by atoms with van der Waals surface area (Å²) >= 11 is 1.72. The van der Waals surface area contributed by atoms with Crippen molar-refractivity contribution in [2.45, 2.75) is 88.9 Å². The summed E-state index contributed by atoms with van der Waals surface area (Å²) in [6.07, 6.45) is -3.86. The molecule has 1 aromatic heterocycles. The number of hydrogen-bond donors (Lipinski definition) is 5. The van der Waals surface area contributed by atoms with Crippen LogP contribution in [0.1, 0.15) is 59.6 Å². The molecule has 1 aliphatic heterocycles. The van der Waals surface area contributed by atoms with Gasteiger partial charge in [-0.3, -0.25) is 18.9 Å². The minimum absolute atomic E-state index is 0.00811. The zero-order valence-electron chi connectivity index (χ0n) is 17.8. The first-order valence-electron chi connectivity index (χ1n) is 10.0. The van der Waals surface area contributed by atoms with Crippen molar-refractivity contribution in [3.8, 4) is 0 Å². The fraction of sp³-hybridized carbons (Fsp3) is 0.778. The summed E-state index contributed by atoms with van der Waals surface area (Å²) in [6.45, 7) is 6.41. The largest absolute Gasteiger partial charge is 0.388 e. The Bertz CT molecular complexity index is 947. The van der Waals surface area contributed by atoms with Gasteiger partial charge in [0.05, 0.1) is 15.3 Å². The van der Waals surface area contributed by atoms with Crippen LogP contribution in [-0.2, 0) is 13.8 Å². The Balaban J connectivity index is 2.28. The first-order chi connectivity index (χ1) is 14.2. The van der Waals surface area contributed by atoms with Gasteiger partial charge in [-0.1, -0.05) is 20.8 Å². The van der Waals surface area contributed by atoms with Crippen molar-refractivity contribution in [3.05, 3.63) is 30.6 Å². The van der Waals surface area contributed by atoms with E-state index in [2.05, 4.69) is 4.98 Å². The van der Waals surface area contributed by atoms with Crippen LogP contribution in [0.15, 0.2) is 15.8 Å². The van der Waals surface area contributed by atoms with Gasteiger partial charge in [-0.15, -0.1) is 0 Å². The number of aromatic amines is 1. The molecule has 0 saturated carbocycles. The Morgan fingerprint density at radius 2 is 1.81 bits per heavy atom. The lowest BCUT2D eigenvalue weighted by Gasteiger charge is -2.38. The number of aliphatic hydroxyl groups is 3. The van der Waals surface area contributed by atoms with Crippen LogP contribution in [0.2, 0.25) is 0 Å². The molecule has 0 aromatic carbocycles. The van der Waals surface area contributed by atoms with Crippen LogP contribution in [0.5, 0.6) is 0 Å². The molecular weight excluding hydrogens is 546 g/mol. The van der Waals surface area contributed by atoms with E-state index in [0.717, 1.165) is 4.57 Å². The van der Waals surface area contributed by atoms with Gasteiger partial charge in [0.25, 0.3) is 5.56 Å². The van der Waals surface area contributed by atoms with E-state index in [-0.39, 0.29) is 29.3 Å². The van der Waals surface area contributed by atoms with Gasteiger partial charge in [-0.2, -0.15) is 0 Å². The summed E-state index contributed by atoms with van der Waals surface area (Å²) in [4.78, 5) is 36.3. The molecule has 0 amide bonds. The van der Waals surface area contributed by atoms with Gasteiger partial charge in [-0.05, 0) is 48.8 Å². The van der Waals surface area contributed by atoms with Gasteiger partial charge in [0, 0.05) is 12.6 Å². The lowest BCUT2D eigenvalue weighted by Crippen LogP contribution is -2.40. The molecule has 178 valence electrons. The van der Waals surface area contributed by atoms with E-state index in [1.807, 2.05) is 0 Å². The number of aliphatic hydroxyl groups excluding tert-OH is 2. The van der Waals surface area contributed by atoms with E-state index in [0.29, 0.717) is 0 Å². The summed E-state index contributed by atoms with van der Waals surface area (Å²) < 4.78 is 25.3. The third-order valence-corrected chi connectivity index (χ3v) is 9.06. The number of nitrogens with one attached hydrogen (secondary N) is 1. The first-order valence-corrected chi connectivity index (χ1v) is 12.7. The van der Waals surface area contributed by atoms with Crippen LogP contribution < -0.4 is 11.2 Å². The highest BCUT2D eigenvalue weighted by Crippen LogP contribution is 2.60. The van der Waals surface area contributed by atoms with E-state index in [1.165, 1.54) is 6.20 Å². The maximum atomic E-state index is 12.8. The van der Waals surface area contributed by atoms with Crippen molar-refractivity contribution in [2.24, 2.45) is 0 Å². The second-order valence-electron chi connectivity index (χ2n) is 8.00. The Morgan fingerprint density at radius 1 is 1.23 bits per heavy atom. The number of ether oxygens (including phenoxy) is 1. The molecule has 5 N–H and O–H groups in total. The molecular formula is C18H30IN2O9P. The predicted octanol–water partition coefficient (Wildman–Crippen LogP) is 1.03. The van der Waals surface area contributed by atoms with E-state index >= 15 is 0 Å². The number of H-pyrrole nitrogens is 1. The highest BCUT2D eigenvalue weighted by atomic mass is 127. The Morgan fingerprint density at radius 3 is 2.32 bits per heavy atom. The van der Waals surface area contributed by atoms with Crippen molar-refractivity contribution < 1.29 is 34.0 Å². The Kier molecular flexibility index (Phi) is 8.35. The Hall–Kier alpha value is -0.600. The quantitative estimate of drug-likeness (QED) is 0.213. The van der Waals surface area contributed by atoms with Gasteiger partial charge in [0.1, 0.15) is 12.2 Å². The standard InChI is InChI=1S/C18H30IN2O9P/c1-5-17(4,30-31(27,28)18(26,6-2)7-3)8-11-12(22)13(23)15(29-11)21-9-10(19)14(24)20-16(21)25/h9,11-13,15,22-23,26H,5-8H2,1-4H3,(H,27,28)(H,20,24,25)/t11-,12?,13-,15-,17?/m1/s1. The third-order valence-electron chi connectivity index (χ3n) is 5.92. The molecule has 0 aliphatic carbocycles. The SMILES string of the molecule is CCC(C)(C[C@H]1O[C@@H](n2cc(I)c(=O)[nH]c2=O)[C@H](O)C1O)OP(=O)(O)C(O)(CC)CC. The minimum Gasteiger partial charge on any atom is -0.388 e. The van der Waals surface area contributed by atoms with Crippen LogP contribution in [-0.4, -0.2) is 59.0 Å². The van der Waals surface area contributed by atoms with Crippen LogP contribution in [0, 0.1) is 3.57 Å². The molecule has 6 atom stereocenters. The third kappa shape index (κ3) is 5.32. The molecule has 0 radical (unpaired) electrons. The van der Waals surface area contributed by atoms with Crippen LogP contribution in [0.25, 0.3) is 0 Å². The van der Waals surface area contributed by atoms with E-state index in [4.69, 9.17) is 9.26 Å². The minimum atomic E-state index is -4.48.